The number of hydrogen-bond acceptors (Lipinski definition) is 4. The third kappa shape index (κ3) is 2.50. The highest BCUT2D eigenvalue weighted by Gasteiger charge is 2.53. The summed E-state index contributed by atoms with van der Waals surface area (Å²) in [5, 5.41) is 0. The molecular weight excluding hydrogens is 350 g/mol. The van der Waals surface area contributed by atoms with Crippen LogP contribution in [-0.2, 0) is 16.2 Å². The SMILES string of the molecule is CC1=CN2C[C@@]3(CCC(F)(F)c4c3ccnc4C)N=C2C(OC(F)F)=C1. The van der Waals surface area contributed by atoms with Crippen LogP contribution in [0.5, 0.6) is 0 Å². The smallest absolute Gasteiger partial charge is 0.387 e. The van der Waals surface area contributed by atoms with Gasteiger partial charge >= 0.3 is 6.61 Å². The van der Waals surface area contributed by atoms with E-state index in [-0.39, 0.29) is 35.7 Å². The second-order valence-corrected chi connectivity index (χ2v) is 6.88. The normalized spacial score (nSPS) is 26.3. The van der Waals surface area contributed by atoms with Crippen LogP contribution in [0.15, 0.2) is 40.9 Å². The minimum absolute atomic E-state index is 0.0402. The lowest BCUT2D eigenvalue weighted by atomic mass is 9.75. The van der Waals surface area contributed by atoms with Crippen LogP contribution in [0.25, 0.3) is 0 Å². The number of aromatic nitrogens is 1. The fraction of sp³-hybridized carbons (Fsp3) is 0.444. The van der Waals surface area contributed by atoms with Gasteiger partial charge in [0.25, 0.3) is 5.92 Å². The molecule has 1 atom stereocenters. The Bertz CT molecular complexity index is 862. The van der Waals surface area contributed by atoms with Crippen molar-refractivity contribution in [3.05, 3.63) is 52.7 Å². The van der Waals surface area contributed by atoms with Gasteiger partial charge in [0.1, 0.15) is 5.54 Å². The van der Waals surface area contributed by atoms with Gasteiger partial charge in [0.15, 0.2) is 11.6 Å². The molecule has 1 aliphatic carbocycles. The summed E-state index contributed by atoms with van der Waals surface area (Å²) in [5.41, 5.74) is 0.375. The number of nitrogens with zero attached hydrogens (tertiary/aromatic N) is 3. The van der Waals surface area contributed by atoms with Gasteiger partial charge in [-0.1, -0.05) is 0 Å². The van der Waals surface area contributed by atoms with E-state index in [9.17, 15) is 17.6 Å². The average Bonchev–Trinajstić information content (AvgIpc) is 2.91. The summed E-state index contributed by atoms with van der Waals surface area (Å²) in [6.07, 6.45) is 4.49. The Hall–Kier alpha value is -2.38. The summed E-state index contributed by atoms with van der Waals surface area (Å²) in [4.78, 5) is 10.3. The molecule has 138 valence electrons. The standard InChI is InChI=1S/C18H17F4N3O/c1-10-7-13(26-16(19)20)15-24-17(9-25(15)8-10)4-5-18(21,22)14-11(2)23-6-3-12(14)17/h3,6-8,16H,4-5,9H2,1-2H3/t17-/m1/s1. The highest BCUT2D eigenvalue weighted by molar-refractivity contribution is 6.00. The van der Waals surface area contributed by atoms with Crippen molar-refractivity contribution < 1.29 is 22.3 Å². The molecule has 3 heterocycles. The third-order valence-corrected chi connectivity index (χ3v) is 5.04. The van der Waals surface area contributed by atoms with Crippen molar-refractivity contribution in [2.75, 3.05) is 6.54 Å². The van der Waals surface area contributed by atoms with Crippen molar-refractivity contribution in [2.24, 2.45) is 4.99 Å². The third-order valence-electron chi connectivity index (χ3n) is 5.04. The molecule has 0 aromatic carbocycles. The molecule has 4 nitrogen and oxygen atoms in total. The molecule has 0 radical (unpaired) electrons. The molecule has 2 aliphatic heterocycles. The van der Waals surface area contributed by atoms with E-state index in [4.69, 9.17) is 0 Å². The lowest BCUT2D eigenvalue weighted by molar-refractivity contribution is -0.0906. The fourth-order valence-electron chi connectivity index (χ4n) is 4.02. The minimum atomic E-state index is -2.98. The molecule has 1 spiro atoms. The Kier molecular flexibility index (Phi) is 3.65. The number of hydrogen-bond donors (Lipinski definition) is 0. The first-order valence-electron chi connectivity index (χ1n) is 8.28. The van der Waals surface area contributed by atoms with Crippen molar-refractivity contribution in [1.29, 1.82) is 0 Å². The van der Waals surface area contributed by atoms with Gasteiger partial charge < -0.3 is 9.64 Å². The van der Waals surface area contributed by atoms with Crippen LogP contribution < -0.4 is 0 Å². The maximum atomic E-state index is 14.5. The zero-order valence-corrected chi connectivity index (χ0v) is 14.3. The maximum absolute atomic E-state index is 14.5. The van der Waals surface area contributed by atoms with Crippen molar-refractivity contribution in [2.45, 2.75) is 44.8 Å². The van der Waals surface area contributed by atoms with Gasteiger partial charge in [-0.05, 0) is 43.5 Å². The highest BCUT2D eigenvalue weighted by Crippen LogP contribution is 2.52. The summed E-state index contributed by atoms with van der Waals surface area (Å²) in [7, 11) is 0. The molecule has 0 saturated heterocycles. The Morgan fingerprint density at radius 3 is 2.73 bits per heavy atom. The van der Waals surface area contributed by atoms with E-state index in [1.54, 1.807) is 31.0 Å². The molecule has 3 aliphatic rings. The van der Waals surface area contributed by atoms with Crippen LogP contribution >= 0.6 is 0 Å². The van der Waals surface area contributed by atoms with E-state index in [0.29, 0.717) is 12.1 Å². The first-order valence-corrected chi connectivity index (χ1v) is 8.28. The molecule has 0 N–H and O–H groups in total. The molecule has 4 rings (SSSR count). The number of amidine groups is 1. The topological polar surface area (TPSA) is 37.7 Å². The van der Waals surface area contributed by atoms with Gasteiger partial charge in [0, 0.05) is 30.1 Å². The number of rotatable bonds is 2. The number of halogens is 4. The van der Waals surface area contributed by atoms with Crippen LogP contribution in [0.1, 0.15) is 36.6 Å². The van der Waals surface area contributed by atoms with E-state index in [1.165, 1.54) is 12.3 Å². The molecule has 0 saturated carbocycles. The average molecular weight is 367 g/mol. The van der Waals surface area contributed by atoms with Crippen molar-refractivity contribution >= 4 is 5.84 Å². The molecular formula is C18H17F4N3O. The van der Waals surface area contributed by atoms with Gasteiger partial charge in [0.05, 0.1) is 6.54 Å². The van der Waals surface area contributed by atoms with Crippen molar-refractivity contribution in [1.82, 2.24) is 9.88 Å². The van der Waals surface area contributed by atoms with E-state index >= 15 is 0 Å². The highest BCUT2D eigenvalue weighted by atomic mass is 19.3. The molecule has 0 bridgehead atoms. The Morgan fingerprint density at radius 2 is 2.00 bits per heavy atom. The maximum Gasteiger partial charge on any atom is 0.387 e. The summed E-state index contributed by atoms with van der Waals surface area (Å²) < 4.78 is 59.2. The molecule has 0 amide bonds. The molecule has 1 aromatic rings. The largest absolute Gasteiger partial charge is 0.431 e. The molecule has 0 fully saturated rings. The number of alkyl halides is 4. The number of pyridine rings is 1. The minimum Gasteiger partial charge on any atom is -0.431 e. The number of ether oxygens (including phenoxy) is 1. The van der Waals surface area contributed by atoms with Gasteiger partial charge in [-0.2, -0.15) is 8.78 Å². The zero-order chi connectivity index (χ0) is 18.7. The van der Waals surface area contributed by atoms with Gasteiger partial charge in [-0.3, -0.25) is 9.98 Å². The van der Waals surface area contributed by atoms with E-state index in [2.05, 4.69) is 14.7 Å². The first-order chi connectivity index (χ1) is 12.2. The predicted octanol–water partition coefficient (Wildman–Crippen LogP) is 4.23. The van der Waals surface area contributed by atoms with Crippen LogP contribution in [0, 0.1) is 6.92 Å². The Labute approximate surface area is 147 Å². The number of aryl methyl sites for hydroxylation is 1. The summed E-state index contributed by atoms with van der Waals surface area (Å²) in [6.45, 7) is 0.628. The van der Waals surface area contributed by atoms with Crippen LogP contribution in [0.4, 0.5) is 17.6 Å². The van der Waals surface area contributed by atoms with Gasteiger partial charge in [-0.25, -0.2) is 8.78 Å². The summed E-state index contributed by atoms with van der Waals surface area (Å²) >= 11 is 0. The van der Waals surface area contributed by atoms with Gasteiger partial charge in [-0.15, -0.1) is 0 Å². The summed E-state index contributed by atoms with van der Waals surface area (Å²) in [6, 6.07) is 1.56. The van der Waals surface area contributed by atoms with Gasteiger partial charge in [0.2, 0.25) is 0 Å². The van der Waals surface area contributed by atoms with E-state index in [1.807, 2.05) is 0 Å². The van der Waals surface area contributed by atoms with E-state index < -0.39 is 18.1 Å². The lowest BCUT2D eigenvalue weighted by Crippen LogP contribution is -2.40. The molecule has 26 heavy (non-hydrogen) atoms. The second kappa shape index (κ2) is 5.56. The van der Waals surface area contributed by atoms with Crippen molar-refractivity contribution in [3.8, 4) is 0 Å². The zero-order valence-electron chi connectivity index (χ0n) is 14.3. The molecule has 1 aromatic heterocycles. The van der Waals surface area contributed by atoms with Crippen LogP contribution in [0.3, 0.4) is 0 Å². The van der Waals surface area contributed by atoms with Crippen LogP contribution in [0.2, 0.25) is 0 Å². The Balaban J connectivity index is 1.84. The number of fused-ring (bicyclic) bond motifs is 3. The first kappa shape index (κ1) is 17.1. The van der Waals surface area contributed by atoms with Crippen molar-refractivity contribution in [3.63, 3.8) is 0 Å². The number of allylic oxidation sites excluding steroid dienone is 2. The van der Waals surface area contributed by atoms with E-state index in [0.717, 1.165) is 5.57 Å². The lowest BCUT2D eigenvalue weighted by Gasteiger charge is -2.37. The molecule has 0 unspecified atom stereocenters. The monoisotopic (exact) mass is 367 g/mol. The molecule has 8 heteroatoms. The quantitative estimate of drug-likeness (QED) is 0.735. The Morgan fingerprint density at radius 1 is 1.23 bits per heavy atom. The fourth-order valence-corrected chi connectivity index (χ4v) is 4.02. The predicted molar refractivity (Wildman–Crippen MR) is 86.9 cm³/mol. The summed E-state index contributed by atoms with van der Waals surface area (Å²) in [5.74, 6) is -2.77. The van der Waals surface area contributed by atoms with Crippen LogP contribution in [-0.4, -0.2) is 28.9 Å². The second-order valence-electron chi connectivity index (χ2n) is 6.88. The number of aliphatic imine (C=N–C) groups is 1.